The van der Waals surface area contributed by atoms with Crippen LogP contribution in [0.4, 0.5) is 0 Å². The molecule has 20 heavy (non-hydrogen) atoms. The predicted molar refractivity (Wildman–Crippen MR) is 77.0 cm³/mol. The smallest absolute Gasteiger partial charge is 0.241 e. The van der Waals surface area contributed by atoms with E-state index in [1.807, 2.05) is 30.3 Å². The molecule has 0 saturated heterocycles. The van der Waals surface area contributed by atoms with Gasteiger partial charge in [-0.1, -0.05) is 35.5 Å². The van der Waals surface area contributed by atoms with Gasteiger partial charge in [-0.15, -0.1) is 0 Å². The molecule has 5 heteroatoms. The Hall–Kier alpha value is -1.72. The maximum atomic E-state index is 9.52. The molecule has 5 nitrogen and oxygen atoms in total. The average molecular weight is 275 g/mol. The highest BCUT2D eigenvalue weighted by atomic mass is 16.5. The summed E-state index contributed by atoms with van der Waals surface area (Å²) in [6.07, 6.45) is -0.381. The summed E-state index contributed by atoms with van der Waals surface area (Å²) >= 11 is 0. The Bertz CT molecular complexity index is 523. The van der Waals surface area contributed by atoms with Gasteiger partial charge in [0.2, 0.25) is 11.7 Å². The first-order valence-corrected chi connectivity index (χ1v) is 6.86. The molecule has 2 aromatic rings. The zero-order chi connectivity index (χ0) is 14.5. The van der Waals surface area contributed by atoms with Gasteiger partial charge in [-0.2, -0.15) is 4.98 Å². The van der Waals surface area contributed by atoms with Crippen LogP contribution in [-0.2, 0) is 6.54 Å². The van der Waals surface area contributed by atoms with Crippen LogP contribution in [0.5, 0.6) is 0 Å². The molecule has 1 aromatic heterocycles. The van der Waals surface area contributed by atoms with Gasteiger partial charge < -0.3 is 9.63 Å². The number of rotatable bonds is 6. The van der Waals surface area contributed by atoms with Crippen molar-refractivity contribution >= 4 is 0 Å². The molecular weight excluding hydrogens is 254 g/mol. The van der Waals surface area contributed by atoms with Crippen molar-refractivity contribution in [3.63, 3.8) is 0 Å². The van der Waals surface area contributed by atoms with Crippen molar-refractivity contribution in [1.82, 2.24) is 15.0 Å². The quantitative estimate of drug-likeness (QED) is 0.876. The van der Waals surface area contributed by atoms with Crippen LogP contribution in [0.1, 0.15) is 26.7 Å². The first-order chi connectivity index (χ1) is 9.56. The van der Waals surface area contributed by atoms with Crippen molar-refractivity contribution < 1.29 is 9.63 Å². The number of aromatic nitrogens is 2. The van der Waals surface area contributed by atoms with E-state index in [1.54, 1.807) is 6.92 Å². The van der Waals surface area contributed by atoms with Gasteiger partial charge in [0, 0.05) is 18.2 Å². The first-order valence-electron chi connectivity index (χ1n) is 6.86. The molecule has 0 aliphatic heterocycles. The van der Waals surface area contributed by atoms with Crippen LogP contribution < -0.4 is 0 Å². The van der Waals surface area contributed by atoms with E-state index >= 15 is 0 Å². The van der Waals surface area contributed by atoms with Crippen LogP contribution in [0.3, 0.4) is 0 Å². The van der Waals surface area contributed by atoms with Gasteiger partial charge in [-0.25, -0.2) is 0 Å². The topological polar surface area (TPSA) is 62.4 Å². The van der Waals surface area contributed by atoms with E-state index in [9.17, 15) is 5.11 Å². The Morgan fingerprint density at radius 1 is 1.20 bits per heavy atom. The highest BCUT2D eigenvalue weighted by Crippen LogP contribution is 2.16. The molecule has 1 heterocycles. The second-order valence-electron chi connectivity index (χ2n) is 5.25. The lowest BCUT2D eigenvalue weighted by molar-refractivity contribution is 0.0943. The monoisotopic (exact) mass is 275 g/mol. The summed E-state index contributed by atoms with van der Waals surface area (Å²) in [5.74, 6) is 1.17. The largest absolute Gasteiger partial charge is 0.392 e. The zero-order valence-electron chi connectivity index (χ0n) is 12.2. The van der Waals surface area contributed by atoms with E-state index in [2.05, 4.69) is 28.9 Å². The molecule has 108 valence electrons. The molecule has 0 aliphatic carbocycles. The molecule has 0 bridgehead atoms. The number of aliphatic hydroxyl groups is 1. The van der Waals surface area contributed by atoms with Crippen LogP contribution in [0.2, 0.25) is 0 Å². The van der Waals surface area contributed by atoms with Crippen molar-refractivity contribution in [2.45, 2.75) is 39.5 Å². The fourth-order valence-corrected chi connectivity index (χ4v) is 1.99. The van der Waals surface area contributed by atoms with Crippen LogP contribution in [-0.4, -0.2) is 38.8 Å². The Kier molecular flexibility index (Phi) is 4.87. The number of nitrogens with zero attached hydrogens (tertiary/aromatic N) is 3. The van der Waals surface area contributed by atoms with Gasteiger partial charge in [0.25, 0.3) is 0 Å². The van der Waals surface area contributed by atoms with E-state index in [0.717, 1.165) is 5.56 Å². The molecule has 0 saturated carbocycles. The highest BCUT2D eigenvalue weighted by Gasteiger charge is 2.16. The second-order valence-corrected chi connectivity index (χ2v) is 5.25. The van der Waals surface area contributed by atoms with Crippen LogP contribution in [0, 0.1) is 0 Å². The summed E-state index contributed by atoms with van der Waals surface area (Å²) in [4.78, 5) is 6.51. The molecule has 1 atom stereocenters. The maximum absolute atomic E-state index is 9.52. The summed E-state index contributed by atoms with van der Waals surface area (Å²) in [5.41, 5.74) is 0.939. The molecule has 1 N–H and O–H groups in total. The van der Waals surface area contributed by atoms with Gasteiger partial charge in [0.05, 0.1) is 12.6 Å². The fourth-order valence-electron chi connectivity index (χ4n) is 1.99. The normalized spacial score (nSPS) is 13.1. The van der Waals surface area contributed by atoms with Gasteiger partial charge in [-0.05, 0) is 20.8 Å². The lowest BCUT2D eigenvalue weighted by atomic mass is 10.2. The second kappa shape index (κ2) is 6.63. The van der Waals surface area contributed by atoms with E-state index < -0.39 is 0 Å². The zero-order valence-corrected chi connectivity index (χ0v) is 12.2. The molecule has 1 aromatic carbocycles. The minimum atomic E-state index is -0.381. The van der Waals surface area contributed by atoms with E-state index in [0.29, 0.717) is 30.8 Å². The Morgan fingerprint density at radius 3 is 2.50 bits per heavy atom. The Labute approximate surface area is 119 Å². The third kappa shape index (κ3) is 3.88. The van der Waals surface area contributed by atoms with E-state index in [4.69, 9.17) is 4.52 Å². The van der Waals surface area contributed by atoms with Gasteiger partial charge in [0.15, 0.2) is 0 Å². The molecule has 2 rings (SSSR count). The molecule has 0 amide bonds. The minimum absolute atomic E-state index is 0.302. The summed E-state index contributed by atoms with van der Waals surface area (Å²) in [6.45, 7) is 7.06. The third-order valence-corrected chi connectivity index (χ3v) is 3.07. The third-order valence-electron chi connectivity index (χ3n) is 3.07. The number of benzene rings is 1. The standard InChI is InChI=1S/C15H21N3O2/c1-11(2)18(9-12(3)19)10-14-16-15(17-20-14)13-7-5-4-6-8-13/h4-8,11-12,19H,9-10H2,1-3H3. The highest BCUT2D eigenvalue weighted by molar-refractivity contribution is 5.53. The number of aliphatic hydroxyl groups excluding tert-OH is 1. The summed E-state index contributed by atoms with van der Waals surface area (Å²) in [7, 11) is 0. The minimum Gasteiger partial charge on any atom is -0.392 e. The molecule has 0 fully saturated rings. The van der Waals surface area contributed by atoms with Crippen LogP contribution in [0.15, 0.2) is 34.9 Å². The van der Waals surface area contributed by atoms with Crippen molar-refractivity contribution in [1.29, 1.82) is 0 Å². The molecule has 0 spiro atoms. The molecule has 0 aliphatic rings. The Balaban J connectivity index is 2.08. The SMILES string of the molecule is CC(O)CN(Cc1nc(-c2ccccc2)no1)C(C)C. The van der Waals surface area contributed by atoms with Gasteiger partial charge >= 0.3 is 0 Å². The van der Waals surface area contributed by atoms with Crippen LogP contribution >= 0.6 is 0 Å². The predicted octanol–water partition coefficient (Wildman–Crippen LogP) is 2.33. The van der Waals surface area contributed by atoms with Crippen molar-refractivity contribution in [3.05, 3.63) is 36.2 Å². The molecule has 0 radical (unpaired) electrons. The molecular formula is C15H21N3O2. The fraction of sp³-hybridized carbons (Fsp3) is 0.467. The maximum Gasteiger partial charge on any atom is 0.241 e. The van der Waals surface area contributed by atoms with Gasteiger partial charge in [-0.3, -0.25) is 4.90 Å². The summed E-state index contributed by atoms with van der Waals surface area (Å²) < 4.78 is 5.30. The average Bonchev–Trinajstić information content (AvgIpc) is 2.87. The van der Waals surface area contributed by atoms with Crippen LogP contribution in [0.25, 0.3) is 11.4 Å². The molecule has 1 unspecified atom stereocenters. The van der Waals surface area contributed by atoms with Crippen molar-refractivity contribution in [2.24, 2.45) is 0 Å². The first kappa shape index (κ1) is 14.7. The summed E-state index contributed by atoms with van der Waals surface area (Å²) in [6, 6.07) is 10.0. The number of hydrogen-bond acceptors (Lipinski definition) is 5. The van der Waals surface area contributed by atoms with E-state index in [1.165, 1.54) is 0 Å². The van der Waals surface area contributed by atoms with Gasteiger partial charge in [0.1, 0.15) is 0 Å². The Morgan fingerprint density at radius 2 is 1.90 bits per heavy atom. The van der Waals surface area contributed by atoms with Crippen molar-refractivity contribution in [2.75, 3.05) is 6.54 Å². The number of hydrogen-bond donors (Lipinski definition) is 1. The summed E-state index contributed by atoms with van der Waals surface area (Å²) in [5, 5.41) is 13.5. The lowest BCUT2D eigenvalue weighted by Gasteiger charge is -2.25. The van der Waals surface area contributed by atoms with E-state index in [-0.39, 0.29) is 6.10 Å². The van der Waals surface area contributed by atoms with Crippen molar-refractivity contribution in [3.8, 4) is 11.4 Å². The lowest BCUT2D eigenvalue weighted by Crippen LogP contribution is -2.36.